The van der Waals surface area contributed by atoms with E-state index < -0.39 is 17.9 Å². The smallest absolute Gasteiger partial charge is 0.254 e. The number of aryl methyl sites for hydroxylation is 1. The van der Waals surface area contributed by atoms with Gasteiger partial charge in [0.2, 0.25) is 11.8 Å². The Kier molecular flexibility index (Phi) is 4.49. The predicted octanol–water partition coefficient (Wildman–Crippen LogP) is 0.942. The van der Waals surface area contributed by atoms with Crippen molar-refractivity contribution in [3.05, 3.63) is 35.1 Å². The van der Waals surface area contributed by atoms with Crippen LogP contribution in [0.5, 0.6) is 0 Å². The Bertz CT molecular complexity index is 734. The summed E-state index contributed by atoms with van der Waals surface area (Å²) < 4.78 is 13.7. The van der Waals surface area contributed by atoms with Gasteiger partial charge in [0.1, 0.15) is 17.9 Å². The molecule has 0 radical (unpaired) electrons. The van der Waals surface area contributed by atoms with Crippen molar-refractivity contribution in [1.29, 1.82) is 0 Å². The lowest BCUT2D eigenvalue weighted by molar-refractivity contribution is -0.153. The first-order chi connectivity index (χ1) is 11.8. The first kappa shape index (κ1) is 17.4. The van der Waals surface area contributed by atoms with E-state index in [9.17, 15) is 18.8 Å². The molecule has 1 N–H and O–H groups in total. The number of nitrogens with one attached hydrogen (secondary N) is 1. The van der Waals surface area contributed by atoms with Gasteiger partial charge in [-0.2, -0.15) is 0 Å². The minimum Gasteiger partial charge on any atom is -0.342 e. The summed E-state index contributed by atoms with van der Waals surface area (Å²) in [5, 5.41) is 2.75. The molecule has 2 saturated heterocycles. The standard InChI is InChI=1S/C18H22FN3O3/c1-10(2)15-18(25)22-7-6-21(9-14(22)16(23)20-15)17(24)12-5-4-11(3)13(19)8-12/h4-5,8,10,14-15H,6-7,9H2,1-3H3,(H,20,23)/t14-,15+/m1/s1. The van der Waals surface area contributed by atoms with Crippen molar-refractivity contribution in [3.63, 3.8) is 0 Å². The first-order valence-corrected chi connectivity index (χ1v) is 8.46. The lowest BCUT2D eigenvalue weighted by atomic mass is 9.96. The van der Waals surface area contributed by atoms with Crippen LogP contribution in [0.1, 0.15) is 29.8 Å². The normalized spacial score (nSPS) is 23.6. The van der Waals surface area contributed by atoms with Crippen molar-refractivity contribution in [1.82, 2.24) is 15.1 Å². The molecule has 1 aromatic rings. The number of fused-ring (bicyclic) bond motifs is 1. The number of hydrogen-bond donors (Lipinski definition) is 1. The van der Waals surface area contributed by atoms with Crippen LogP contribution in [0.4, 0.5) is 4.39 Å². The Hall–Kier alpha value is -2.44. The van der Waals surface area contributed by atoms with Gasteiger partial charge < -0.3 is 15.1 Å². The van der Waals surface area contributed by atoms with Gasteiger partial charge in [0.05, 0.1) is 6.54 Å². The van der Waals surface area contributed by atoms with Crippen LogP contribution < -0.4 is 5.32 Å². The topological polar surface area (TPSA) is 69.7 Å². The number of hydrogen-bond acceptors (Lipinski definition) is 3. The van der Waals surface area contributed by atoms with Gasteiger partial charge in [-0.15, -0.1) is 0 Å². The largest absolute Gasteiger partial charge is 0.342 e. The number of piperazine rings is 2. The van der Waals surface area contributed by atoms with E-state index in [0.29, 0.717) is 18.7 Å². The molecule has 7 heteroatoms. The zero-order valence-electron chi connectivity index (χ0n) is 14.6. The van der Waals surface area contributed by atoms with Crippen molar-refractivity contribution in [2.75, 3.05) is 19.6 Å². The first-order valence-electron chi connectivity index (χ1n) is 8.46. The minimum absolute atomic E-state index is 0.00703. The van der Waals surface area contributed by atoms with Gasteiger partial charge in [-0.05, 0) is 30.5 Å². The van der Waals surface area contributed by atoms with Crippen LogP contribution in [-0.4, -0.2) is 59.2 Å². The van der Waals surface area contributed by atoms with Gasteiger partial charge in [0.15, 0.2) is 0 Å². The summed E-state index contributed by atoms with van der Waals surface area (Å²) in [6.45, 7) is 6.15. The Morgan fingerprint density at radius 1 is 1.28 bits per heavy atom. The minimum atomic E-state index is -0.685. The highest BCUT2D eigenvalue weighted by molar-refractivity contribution is 5.99. The van der Waals surface area contributed by atoms with Crippen LogP contribution in [0, 0.1) is 18.7 Å². The molecule has 0 aliphatic carbocycles. The zero-order chi connectivity index (χ0) is 18.3. The lowest BCUT2D eigenvalue weighted by Gasteiger charge is -2.46. The van der Waals surface area contributed by atoms with E-state index in [1.807, 2.05) is 13.8 Å². The molecule has 0 spiro atoms. The molecular formula is C18H22FN3O3. The van der Waals surface area contributed by atoms with Crippen molar-refractivity contribution in [3.8, 4) is 0 Å². The van der Waals surface area contributed by atoms with E-state index in [-0.39, 0.29) is 35.7 Å². The van der Waals surface area contributed by atoms with Gasteiger partial charge >= 0.3 is 0 Å². The number of carbonyl (C=O) groups excluding carboxylic acids is 3. The van der Waals surface area contributed by atoms with Gasteiger partial charge in [0, 0.05) is 18.7 Å². The molecule has 134 valence electrons. The quantitative estimate of drug-likeness (QED) is 0.866. The third-order valence-corrected chi connectivity index (χ3v) is 4.90. The van der Waals surface area contributed by atoms with Crippen LogP contribution in [-0.2, 0) is 9.59 Å². The summed E-state index contributed by atoms with van der Waals surface area (Å²) in [4.78, 5) is 40.6. The Morgan fingerprint density at radius 3 is 2.64 bits per heavy atom. The molecule has 2 atom stereocenters. The molecule has 2 aliphatic heterocycles. The van der Waals surface area contributed by atoms with E-state index >= 15 is 0 Å². The average Bonchev–Trinajstić information content (AvgIpc) is 2.59. The zero-order valence-corrected chi connectivity index (χ0v) is 14.6. The maximum Gasteiger partial charge on any atom is 0.254 e. The third-order valence-electron chi connectivity index (χ3n) is 4.90. The van der Waals surface area contributed by atoms with Crippen LogP contribution in [0.2, 0.25) is 0 Å². The number of rotatable bonds is 2. The summed E-state index contributed by atoms with van der Waals surface area (Å²) in [7, 11) is 0. The molecule has 0 bridgehead atoms. The van der Waals surface area contributed by atoms with E-state index in [2.05, 4.69) is 5.32 Å². The van der Waals surface area contributed by atoms with Crippen molar-refractivity contribution >= 4 is 17.7 Å². The summed E-state index contributed by atoms with van der Waals surface area (Å²) in [6.07, 6.45) is 0. The fourth-order valence-corrected chi connectivity index (χ4v) is 3.31. The number of amides is 3. The summed E-state index contributed by atoms with van der Waals surface area (Å²) in [5.74, 6) is -1.11. The molecule has 3 rings (SSSR count). The molecular weight excluding hydrogens is 325 g/mol. The van der Waals surface area contributed by atoms with E-state index in [1.54, 1.807) is 24.0 Å². The highest BCUT2D eigenvalue weighted by Crippen LogP contribution is 2.21. The third kappa shape index (κ3) is 3.10. The monoisotopic (exact) mass is 347 g/mol. The maximum atomic E-state index is 13.7. The summed E-state index contributed by atoms with van der Waals surface area (Å²) >= 11 is 0. The number of halogens is 1. The average molecular weight is 347 g/mol. The Labute approximate surface area is 146 Å². The van der Waals surface area contributed by atoms with Crippen molar-refractivity contribution in [2.45, 2.75) is 32.9 Å². The van der Waals surface area contributed by atoms with Crippen molar-refractivity contribution in [2.24, 2.45) is 5.92 Å². The van der Waals surface area contributed by atoms with Crippen molar-refractivity contribution < 1.29 is 18.8 Å². The van der Waals surface area contributed by atoms with E-state index in [0.717, 1.165) is 0 Å². The molecule has 1 aromatic carbocycles. The Morgan fingerprint density at radius 2 is 2.00 bits per heavy atom. The summed E-state index contributed by atoms with van der Waals surface area (Å²) in [5.41, 5.74) is 0.720. The molecule has 2 aliphatic rings. The Balaban J connectivity index is 1.76. The molecule has 6 nitrogen and oxygen atoms in total. The van der Waals surface area contributed by atoms with E-state index in [1.165, 1.54) is 11.0 Å². The highest BCUT2D eigenvalue weighted by Gasteiger charge is 2.45. The second-order valence-corrected chi connectivity index (χ2v) is 6.99. The van der Waals surface area contributed by atoms with Crippen LogP contribution >= 0.6 is 0 Å². The molecule has 2 heterocycles. The second kappa shape index (κ2) is 6.46. The number of benzene rings is 1. The SMILES string of the molecule is Cc1ccc(C(=O)N2CCN3C(=O)[C@H](C(C)C)NC(=O)[C@H]3C2)cc1F. The fraction of sp³-hybridized carbons (Fsp3) is 0.500. The fourth-order valence-electron chi connectivity index (χ4n) is 3.31. The van der Waals surface area contributed by atoms with Gasteiger partial charge in [-0.3, -0.25) is 14.4 Å². The number of carbonyl (C=O) groups is 3. The molecule has 0 aromatic heterocycles. The second-order valence-electron chi connectivity index (χ2n) is 6.99. The highest BCUT2D eigenvalue weighted by atomic mass is 19.1. The van der Waals surface area contributed by atoms with Crippen LogP contribution in [0.25, 0.3) is 0 Å². The lowest BCUT2D eigenvalue weighted by Crippen LogP contribution is -2.70. The molecule has 0 saturated carbocycles. The van der Waals surface area contributed by atoms with Crippen LogP contribution in [0.15, 0.2) is 18.2 Å². The van der Waals surface area contributed by atoms with Crippen LogP contribution in [0.3, 0.4) is 0 Å². The molecule has 0 unspecified atom stereocenters. The molecule has 3 amide bonds. The summed E-state index contributed by atoms with van der Waals surface area (Å²) in [6, 6.07) is 3.15. The van der Waals surface area contributed by atoms with Gasteiger partial charge in [-0.25, -0.2) is 4.39 Å². The molecule has 25 heavy (non-hydrogen) atoms. The molecule has 2 fully saturated rings. The number of nitrogens with zero attached hydrogens (tertiary/aromatic N) is 2. The van der Waals surface area contributed by atoms with E-state index in [4.69, 9.17) is 0 Å². The van der Waals surface area contributed by atoms with Gasteiger partial charge in [-0.1, -0.05) is 19.9 Å². The predicted molar refractivity (Wildman–Crippen MR) is 89.3 cm³/mol. The maximum absolute atomic E-state index is 13.7. The van der Waals surface area contributed by atoms with Gasteiger partial charge in [0.25, 0.3) is 5.91 Å².